The van der Waals surface area contributed by atoms with Crippen LogP contribution in [0.2, 0.25) is 15.1 Å². The third kappa shape index (κ3) is 5.27. The van der Waals surface area contributed by atoms with Crippen LogP contribution in [0.1, 0.15) is 20.7 Å². The lowest BCUT2D eigenvalue weighted by atomic mass is 10.1. The molecule has 13 heteroatoms. The normalized spacial score (nSPS) is 13.1. The van der Waals surface area contributed by atoms with Crippen LogP contribution in [0, 0.1) is 0 Å². The first-order chi connectivity index (χ1) is 18.0. The maximum Gasteiger partial charge on any atom is 0.283 e. The van der Waals surface area contributed by atoms with Crippen LogP contribution in [0.15, 0.2) is 65.3 Å². The summed E-state index contributed by atoms with van der Waals surface area (Å²) >= 11 is 24.4. The van der Waals surface area contributed by atoms with Gasteiger partial charge in [0.25, 0.3) is 17.7 Å². The van der Waals surface area contributed by atoms with E-state index < -0.39 is 23.7 Å². The van der Waals surface area contributed by atoms with Gasteiger partial charge in [-0.15, -0.1) is 0 Å². The van der Waals surface area contributed by atoms with Gasteiger partial charge in [0, 0.05) is 27.9 Å². The first kappa shape index (κ1) is 27.3. The summed E-state index contributed by atoms with van der Waals surface area (Å²) in [4.78, 5) is 50.4. The second-order valence-corrected chi connectivity index (χ2v) is 9.34. The molecule has 0 atom stereocenters. The molecule has 3 aromatic carbocycles. The van der Waals surface area contributed by atoms with Gasteiger partial charge < -0.3 is 25.3 Å². The lowest BCUT2D eigenvalue weighted by molar-refractivity contribution is -0.255. The number of rotatable bonds is 7. The first-order valence-corrected chi connectivity index (χ1v) is 12.0. The molecule has 2 N–H and O–H groups in total. The number of benzene rings is 3. The van der Waals surface area contributed by atoms with E-state index in [1.54, 1.807) is 0 Å². The Labute approximate surface area is 235 Å². The Balaban J connectivity index is 1.51. The van der Waals surface area contributed by atoms with Crippen molar-refractivity contribution in [2.75, 3.05) is 22.6 Å². The Morgan fingerprint density at radius 2 is 1.58 bits per heavy atom. The second kappa shape index (κ2) is 10.9. The lowest BCUT2D eigenvalue weighted by Gasteiger charge is -2.17. The molecule has 3 aromatic rings. The number of aromatic carboxylic acids is 1. The molecule has 1 heterocycles. The molecule has 194 valence electrons. The summed E-state index contributed by atoms with van der Waals surface area (Å²) in [5.74, 6) is -3.61. The Morgan fingerprint density at radius 1 is 0.895 bits per heavy atom. The Bertz CT molecular complexity index is 1540. The average molecular weight is 594 g/mol. The molecule has 4 rings (SSSR count). The maximum absolute atomic E-state index is 13.0. The van der Waals surface area contributed by atoms with Gasteiger partial charge in [0.2, 0.25) is 0 Å². The van der Waals surface area contributed by atoms with Crippen molar-refractivity contribution < 1.29 is 29.0 Å². The summed E-state index contributed by atoms with van der Waals surface area (Å²) in [6, 6.07) is 12.6. The van der Waals surface area contributed by atoms with Crippen LogP contribution in [-0.4, -0.2) is 30.8 Å². The van der Waals surface area contributed by atoms with E-state index in [4.69, 9.17) is 51.1 Å². The first-order valence-electron chi connectivity index (χ1n) is 10.5. The third-order valence-corrected chi connectivity index (χ3v) is 6.57. The summed E-state index contributed by atoms with van der Waals surface area (Å²) in [5, 5.41) is 16.6. The van der Waals surface area contributed by atoms with E-state index in [2.05, 4.69) is 10.6 Å². The van der Waals surface area contributed by atoms with E-state index in [1.165, 1.54) is 55.6 Å². The molecule has 3 amide bonds. The molecule has 1 aliphatic heterocycles. The number of methoxy groups -OCH3 is 1. The SMILES string of the molecule is COc1cc(NC(=O)c2ccc(NC3=C(Cl)C(=O)N(c4cc(Cl)ccc4Cl)C3=O)cc2)c(Cl)cc1C(=O)[O-]. The monoisotopic (exact) mass is 592 g/mol. The molecule has 0 bridgehead atoms. The van der Waals surface area contributed by atoms with Crippen molar-refractivity contribution in [3.05, 3.63) is 91.5 Å². The molecule has 38 heavy (non-hydrogen) atoms. The minimum atomic E-state index is -1.49. The molecular formula is C25H14Cl4N3O6-. The van der Waals surface area contributed by atoms with Crippen molar-refractivity contribution in [3.8, 4) is 5.75 Å². The van der Waals surface area contributed by atoms with Gasteiger partial charge in [-0.05, 0) is 48.5 Å². The molecule has 1 aliphatic rings. The number of amides is 3. The Morgan fingerprint density at radius 3 is 2.21 bits per heavy atom. The van der Waals surface area contributed by atoms with Crippen molar-refractivity contribution in [2.24, 2.45) is 0 Å². The van der Waals surface area contributed by atoms with Gasteiger partial charge in [0.15, 0.2) is 0 Å². The van der Waals surface area contributed by atoms with Crippen molar-refractivity contribution in [1.29, 1.82) is 0 Å². The van der Waals surface area contributed by atoms with Crippen LogP contribution >= 0.6 is 46.4 Å². The number of hydrogen-bond donors (Lipinski definition) is 2. The predicted octanol–water partition coefficient (Wildman–Crippen LogP) is 4.71. The minimum absolute atomic E-state index is 0.0352. The summed E-state index contributed by atoms with van der Waals surface area (Å²) in [7, 11) is 1.26. The number of carbonyl (C=O) groups excluding carboxylic acids is 4. The number of carboxylic acid groups (broad SMARTS) is 1. The minimum Gasteiger partial charge on any atom is -0.545 e. The highest BCUT2D eigenvalue weighted by Crippen LogP contribution is 2.36. The quantitative estimate of drug-likeness (QED) is 0.380. The van der Waals surface area contributed by atoms with Gasteiger partial charge in [-0.1, -0.05) is 46.4 Å². The molecule has 9 nitrogen and oxygen atoms in total. The van der Waals surface area contributed by atoms with Crippen LogP contribution in [0.5, 0.6) is 5.75 Å². The molecule has 0 aliphatic carbocycles. The largest absolute Gasteiger partial charge is 0.545 e. The van der Waals surface area contributed by atoms with Gasteiger partial charge in [0.05, 0.1) is 34.5 Å². The fraction of sp³-hybridized carbons (Fsp3) is 0.0400. The third-order valence-electron chi connectivity index (χ3n) is 5.35. The number of nitrogens with one attached hydrogen (secondary N) is 2. The number of ether oxygens (including phenoxy) is 1. The maximum atomic E-state index is 13.0. The molecule has 0 spiro atoms. The van der Waals surface area contributed by atoms with Gasteiger partial charge in [-0.3, -0.25) is 14.4 Å². The molecule has 0 radical (unpaired) electrons. The molecule has 0 saturated heterocycles. The van der Waals surface area contributed by atoms with Crippen LogP contribution in [0.4, 0.5) is 17.1 Å². The van der Waals surface area contributed by atoms with E-state index in [9.17, 15) is 24.3 Å². The predicted molar refractivity (Wildman–Crippen MR) is 142 cm³/mol. The molecule has 0 saturated carbocycles. The topological polar surface area (TPSA) is 128 Å². The number of carbonyl (C=O) groups is 4. The fourth-order valence-electron chi connectivity index (χ4n) is 3.51. The summed E-state index contributed by atoms with van der Waals surface area (Å²) in [6.07, 6.45) is 0. The van der Waals surface area contributed by atoms with Crippen molar-refractivity contribution >= 4 is 87.2 Å². The van der Waals surface area contributed by atoms with Crippen LogP contribution in [-0.2, 0) is 9.59 Å². The molecule has 0 unspecified atom stereocenters. The van der Waals surface area contributed by atoms with E-state index in [0.29, 0.717) is 5.69 Å². The number of hydrogen-bond acceptors (Lipinski definition) is 7. The smallest absolute Gasteiger partial charge is 0.283 e. The highest BCUT2D eigenvalue weighted by molar-refractivity contribution is 6.54. The highest BCUT2D eigenvalue weighted by atomic mass is 35.5. The average Bonchev–Trinajstić information content (AvgIpc) is 3.09. The second-order valence-electron chi connectivity index (χ2n) is 7.71. The van der Waals surface area contributed by atoms with E-state index in [1.807, 2.05) is 0 Å². The van der Waals surface area contributed by atoms with E-state index in [0.717, 1.165) is 11.0 Å². The Hall–Kier alpha value is -3.76. The van der Waals surface area contributed by atoms with Crippen molar-refractivity contribution in [3.63, 3.8) is 0 Å². The molecular weight excluding hydrogens is 580 g/mol. The molecule has 0 fully saturated rings. The lowest BCUT2D eigenvalue weighted by Crippen LogP contribution is -2.32. The van der Waals surface area contributed by atoms with Crippen LogP contribution < -0.4 is 25.4 Å². The van der Waals surface area contributed by atoms with Crippen LogP contribution in [0.3, 0.4) is 0 Å². The van der Waals surface area contributed by atoms with E-state index in [-0.39, 0.29) is 54.0 Å². The Kier molecular flexibility index (Phi) is 7.84. The summed E-state index contributed by atoms with van der Waals surface area (Å²) in [6.45, 7) is 0. The highest BCUT2D eigenvalue weighted by Gasteiger charge is 2.40. The van der Waals surface area contributed by atoms with Gasteiger partial charge in [0.1, 0.15) is 16.5 Å². The number of halogens is 4. The number of carboxylic acids is 1. The zero-order valence-corrected chi connectivity index (χ0v) is 22.1. The summed E-state index contributed by atoms with van der Waals surface area (Å²) in [5.41, 5.74) is 0.307. The van der Waals surface area contributed by atoms with Crippen molar-refractivity contribution in [2.45, 2.75) is 0 Å². The fourth-order valence-corrected chi connectivity index (χ4v) is 4.30. The standard InChI is InChI=1S/C25H15Cl4N3O6/c1-38-19-10-17(16(28)9-14(19)25(36)37)31-22(33)11-2-5-13(6-3-11)30-21-20(29)23(34)32(24(21)35)18-8-12(26)4-7-15(18)27/h2-10,30H,1H3,(H,31,33)(H,36,37)/p-1. The van der Waals surface area contributed by atoms with E-state index >= 15 is 0 Å². The number of imide groups is 1. The van der Waals surface area contributed by atoms with Gasteiger partial charge in [-0.2, -0.15) is 0 Å². The van der Waals surface area contributed by atoms with Crippen LogP contribution in [0.25, 0.3) is 0 Å². The van der Waals surface area contributed by atoms with Gasteiger partial charge >= 0.3 is 0 Å². The number of nitrogens with zero attached hydrogens (tertiary/aromatic N) is 1. The molecule has 0 aromatic heterocycles. The summed E-state index contributed by atoms with van der Waals surface area (Å²) < 4.78 is 5.02. The van der Waals surface area contributed by atoms with Crippen molar-refractivity contribution in [1.82, 2.24) is 0 Å². The number of anilines is 3. The zero-order valence-electron chi connectivity index (χ0n) is 19.1. The zero-order chi connectivity index (χ0) is 27.7. The van der Waals surface area contributed by atoms with Gasteiger partial charge in [-0.25, -0.2) is 4.90 Å².